The zero-order valence-electron chi connectivity index (χ0n) is 17.4. The highest BCUT2D eigenvalue weighted by molar-refractivity contribution is 7.90. The lowest BCUT2D eigenvalue weighted by Gasteiger charge is -2.13. The van der Waals surface area contributed by atoms with Gasteiger partial charge in [0.05, 0.1) is 15.9 Å². The number of aromatic carboxylic acids is 1. The zero-order chi connectivity index (χ0) is 23.0. The van der Waals surface area contributed by atoms with E-state index >= 15 is 0 Å². The molecular weight excluding hydrogens is 448 g/mol. The van der Waals surface area contributed by atoms with Crippen molar-refractivity contribution in [3.8, 4) is 0 Å². The van der Waals surface area contributed by atoms with Crippen LogP contribution in [0.2, 0.25) is 5.02 Å². The molecule has 0 amide bonds. The third-order valence-corrected chi connectivity index (χ3v) is 7.26. The fourth-order valence-corrected chi connectivity index (χ4v) is 5.25. The van der Waals surface area contributed by atoms with E-state index < -0.39 is 16.0 Å². The second-order valence-electron chi connectivity index (χ2n) is 7.86. The molecule has 6 nitrogen and oxygen atoms in total. The number of carboxylic acids is 1. The molecule has 0 atom stereocenters. The summed E-state index contributed by atoms with van der Waals surface area (Å²) in [7, 11) is -3.94. The molecule has 164 valence electrons. The molecule has 2 aromatic heterocycles. The molecule has 0 aliphatic rings. The van der Waals surface area contributed by atoms with Gasteiger partial charge in [-0.25, -0.2) is 17.4 Å². The first-order valence-corrected chi connectivity index (χ1v) is 11.8. The summed E-state index contributed by atoms with van der Waals surface area (Å²) in [5.41, 5.74) is 2.61. The van der Waals surface area contributed by atoms with Gasteiger partial charge in [-0.15, -0.1) is 0 Å². The first kappa shape index (κ1) is 22.0. The van der Waals surface area contributed by atoms with Crippen molar-refractivity contribution in [3.63, 3.8) is 0 Å². The van der Waals surface area contributed by atoms with Crippen LogP contribution in [0.1, 0.15) is 46.9 Å². The number of carbonyl (C=O) groups excluding carboxylic acids is 1. The summed E-state index contributed by atoms with van der Waals surface area (Å²) >= 11 is 6.08. The maximum atomic E-state index is 13.6. The van der Waals surface area contributed by atoms with Gasteiger partial charge in [-0.3, -0.25) is 0 Å². The number of carbonyl (C=O) groups is 1. The average Bonchev–Trinajstić information content (AvgIpc) is 3.11. The van der Waals surface area contributed by atoms with Crippen LogP contribution in [-0.4, -0.2) is 23.3 Å². The fraction of sp³-hybridized carbons (Fsp3) is 0.167. The predicted molar refractivity (Wildman–Crippen MR) is 121 cm³/mol. The molecule has 0 spiro atoms. The molecule has 0 fully saturated rings. The summed E-state index contributed by atoms with van der Waals surface area (Å²) in [6.07, 6.45) is 1.67. The van der Waals surface area contributed by atoms with Gasteiger partial charge in [-0.1, -0.05) is 61.8 Å². The molecular formula is C24H20ClN2O4S-. The largest absolute Gasteiger partial charge is 0.545 e. The minimum Gasteiger partial charge on any atom is -0.545 e. The van der Waals surface area contributed by atoms with Crippen molar-refractivity contribution in [2.75, 3.05) is 0 Å². The molecule has 0 radical (unpaired) electrons. The third-order valence-electron chi connectivity index (χ3n) is 5.30. The van der Waals surface area contributed by atoms with Crippen molar-refractivity contribution in [1.82, 2.24) is 8.96 Å². The normalized spacial score (nSPS) is 11.9. The Bertz CT molecular complexity index is 1410. The van der Waals surface area contributed by atoms with Gasteiger partial charge in [0.25, 0.3) is 10.0 Å². The second kappa shape index (κ2) is 8.41. The van der Waals surface area contributed by atoms with Crippen molar-refractivity contribution >= 4 is 38.6 Å². The van der Waals surface area contributed by atoms with Gasteiger partial charge >= 0.3 is 0 Å². The number of hydrogen-bond donors (Lipinski definition) is 0. The summed E-state index contributed by atoms with van der Waals surface area (Å²) in [6.45, 7) is 4.08. The highest BCUT2D eigenvalue weighted by Gasteiger charge is 2.24. The van der Waals surface area contributed by atoms with Crippen LogP contribution in [0, 0.1) is 0 Å². The van der Waals surface area contributed by atoms with E-state index in [0.29, 0.717) is 16.1 Å². The second-order valence-corrected chi connectivity index (χ2v) is 10.1. The number of fused-ring (bicyclic) bond motifs is 1. The standard InChI is InChI=1S/C24H21ClN2O4S/c1-15(2)17-7-9-22(10-8-17)32(30,31)27-21(13-19-12-20(25)14-26-23(19)27)11-16-3-5-18(6-4-16)24(28)29/h3-10,12-15H,11H2,1-2H3,(H,28,29)/p-1. The zero-order valence-corrected chi connectivity index (χ0v) is 19.0. The Labute approximate surface area is 191 Å². The molecule has 2 heterocycles. The Balaban J connectivity index is 1.84. The molecule has 32 heavy (non-hydrogen) atoms. The Kier molecular flexibility index (Phi) is 5.79. The monoisotopic (exact) mass is 467 g/mol. The topological polar surface area (TPSA) is 92.1 Å². The van der Waals surface area contributed by atoms with Gasteiger partial charge in [-0.05, 0) is 46.9 Å². The van der Waals surface area contributed by atoms with E-state index in [1.165, 1.54) is 22.3 Å². The molecule has 0 N–H and O–H groups in total. The third kappa shape index (κ3) is 4.13. The Morgan fingerprint density at radius 2 is 1.72 bits per heavy atom. The Hall–Kier alpha value is -3.16. The molecule has 0 bridgehead atoms. The molecule has 8 heteroatoms. The Morgan fingerprint density at radius 3 is 2.31 bits per heavy atom. The summed E-state index contributed by atoms with van der Waals surface area (Å²) in [5, 5.41) is 12.0. The van der Waals surface area contributed by atoms with Gasteiger partial charge in [-0.2, -0.15) is 0 Å². The molecule has 0 aliphatic carbocycles. The van der Waals surface area contributed by atoms with Crippen LogP contribution in [-0.2, 0) is 16.4 Å². The van der Waals surface area contributed by atoms with Crippen LogP contribution in [0.25, 0.3) is 11.0 Å². The first-order valence-electron chi connectivity index (χ1n) is 9.98. The lowest BCUT2D eigenvalue weighted by Crippen LogP contribution is -2.22. The lowest BCUT2D eigenvalue weighted by molar-refractivity contribution is -0.255. The summed E-state index contributed by atoms with van der Waals surface area (Å²) < 4.78 is 28.5. The highest BCUT2D eigenvalue weighted by atomic mass is 35.5. The van der Waals surface area contributed by atoms with E-state index in [1.54, 1.807) is 36.4 Å². The number of rotatable bonds is 6. The molecule has 4 rings (SSSR count). The van der Waals surface area contributed by atoms with Crippen LogP contribution in [0.15, 0.2) is 71.8 Å². The maximum absolute atomic E-state index is 13.6. The van der Waals surface area contributed by atoms with Crippen molar-refractivity contribution in [3.05, 3.63) is 94.3 Å². The molecule has 2 aromatic carbocycles. The van der Waals surface area contributed by atoms with Crippen LogP contribution in [0.3, 0.4) is 0 Å². The van der Waals surface area contributed by atoms with Crippen LogP contribution in [0.4, 0.5) is 0 Å². The van der Waals surface area contributed by atoms with Gasteiger partial charge in [0.2, 0.25) is 0 Å². The van der Waals surface area contributed by atoms with E-state index in [1.807, 2.05) is 26.0 Å². The maximum Gasteiger partial charge on any atom is 0.269 e. The first-order chi connectivity index (χ1) is 15.2. The van der Waals surface area contributed by atoms with Gasteiger partial charge < -0.3 is 9.90 Å². The summed E-state index contributed by atoms with van der Waals surface area (Å²) in [5.74, 6) is -0.987. The summed E-state index contributed by atoms with van der Waals surface area (Å²) in [4.78, 5) is 15.5. The molecule has 0 saturated heterocycles. The van der Waals surface area contributed by atoms with Crippen LogP contribution in [0.5, 0.6) is 0 Å². The van der Waals surface area contributed by atoms with Gasteiger partial charge in [0.1, 0.15) is 0 Å². The predicted octanol–water partition coefficient (Wildman–Crippen LogP) is 4.00. The molecule has 4 aromatic rings. The SMILES string of the molecule is CC(C)c1ccc(S(=O)(=O)n2c(Cc3ccc(C(=O)[O-])cc3)cc3cc(Cl)cnc32)cc1. The van der Waals surface area contributed by atoms with Gasteiger partial charge in [0.15, 0.2) is 5.65 Å². The minimum atomic E-state index is -3.94. The van der Waals surface area contributed by atoms with Crippen molar-refractivity contribution in [2.45, 2.75) is 31.1 Å². The van der Waals surface area contributed by atoms with Gasteiger partial charge in [0, 0.05) is 23.7 Å². The number of aromatic nitrogens is 2. The lowest BCUT2D eigenvalue weighted by atomic mass is 10.0. The van der Waals surface area contributed by atoms with Crippen LogP contribution < -0.4 is 5.11 Å². The van der Waals surface area contributed by atoms with Crippen LogP contribution >= 0.6 is 11.6 Å². The van der Waals surface area contributed by atoms with E-state index in [4.69, 9.17) is 11.6 Å². The van der Waals surface area contributed by atoms with Crippen molar-refractivity contribution in [1.29, 1.82) is 0 Å². The number of halogens is 1. The minimum absolute atomic E-state index is 0.0561. The van der Waals surface area contributed by atoms with Crippen molar-refractivity contribution in [2.24, 2.45) is 0 Å². The average molecular weight is 468 g/mol. The van der Waals surface area contributed by atoms with E-state index in [9.17, 15) is 18.3 Å². The van der Waals surface area contributed by atoms with E-state index in [0.717, 1.165) is 11.1 Å². The quantitative estimate of drug-likeness (QED) is 0.427. The Morgan fingerprint density at radius 1 is 1.06 bits per heavy atom. The number of nitrogens with zero attached hydrogens (tertiary/aromatic N) is 2. The van der Waals surface area contributed by atoms with E-state index in [2.05, 4.69) is 4.98 Å². The summed E-state index contributed by atoms with van der Waals surface area (Å²) in [6, 6.07) is 16.4. The highest BCUT2D eigenvalue weighted by Crippen LogP contribution is 2.28. The fourth-order valence-electron chi connectivity index (χ4n) is 3.59. The number of pyridine rings is 1. The smallest absolute Gasteiger partial charge is 0.269 e. The number of carboxylic acid groups (broad SMARTS) is 1. The molecule has 0 aliphatic heterocycles. The number of hydrogen-bond acceptors (Lipinski definition) is 5. The molecule has 0 unspecified atom stereocenters. The van der Waals surface area contributed by atoms with E-state index in [-0.39, 0.29) is 28.4 Å². The number of benzene rings is 2. The van der Waals surface area contributed by atoms with Crippen molar-refractivity contribution < 1.29 is 18.3 Å². The molecule has 0 saturated carbocycles.